The van der Waals surface area contributed by atoms with Crippen LogP contribution >= 0.6 is 11.6 Å². The maximum absolute atomic E-state index is 13.3. The molecule has 0 unspecified atom stereocenters. The average molecular weight is 270 g/mol. The van der Waals surface area contributed by atoms with Crippen LogP contribution in [0.15, 0.2) is 17.0 Å². The van der Waals surface area contributed by atoms with Crippen molar-refractivity contribution in [2.24, 2.45) is 0 Å². The normalized spacial score (nSPS) is 11.8. The Hall–Kier alpha value is -0.720. The zero-order valence-electron chi connectivity index (χ0n) is 8.43. The molecule has 0 saturated carbocycles. The molecule has 1 rings (SSSR count). The molecule has 16 heavy (non-hydrogen) atoms. The molecule has 7 heteroatoms. The van der Waals surface area contributed by atoms with Crippen LogP contribution in [0.5, 0.6) is 0 Å². The zero-order valence-corrected chi connectivity index (χ0v) is 10.00. The molecule has 0 aliphatic rings. The van der Waals surface area contributed by atoms with E-state index in [1.54, 1.807) is 6.92 Å². The molecule has 1 aromatic rings. The smallest absolute Gasteiger partial charge is 0.211 e. The molecule has 90 valence electrons. The number of halogens is 3. The fourth-order valence-corrected chi connectivity index (χ4v) is 2.56. The van der Waals surface area contributed by atoms with Crippen LogP contribution in [0.1, 0.15) is 13.3 Å². The summed E-state index contributed by atoms with van der Waals surface area (Å²) in [6, 6.07) is 1.59. The SMILES string of the molecule is CCCNS(=O)(=O)c1cc(Cl)cc(F)c1F. The molecular formula is C9H10ClF2NO2S. The minimum atomic E-state index is -4.05. The Morgan fingerprint density at radius 1 is 1.38 bits per heavy atom. The molecule has 0 aliphatic heterocycles. The molecule has 3 nitrogen and oxygen atoms in total. The third-order valence-electron chi connectivity index (χ3n) is 1.79. The van der Waals surface area contributed by atoms with Gasteiger partial charge in [-0.1, -0.05) is 18.5 Å². The summed E-state index contributed by atoms with van der Waals surface area (Å²) in [4.78, 5) is -0.772. The van der Waals surface area contributed by atoms with E-state index in [1.165, 1.54) is 0 Å². The molecule has 0 radical (unpaired) electrons. The lowest BCUT2D eigenvalue weighted by molar-refractivity contribution is 0.483. The second kappa shape index (κ2) is 5.07. The minimum absolute atomic E-state index is 0.149. The van der Waals surface area contributed by atoms with Gasteiger partial charge in [-0.3, -0.25) is 0 Å². The third kappa shape index (κ3) is 2.90. The average Bonchev–Trinajstić information content (AvgIpc) is 2.20. The molecule has 0 fully saturated rings. The molecule has 1 aromatic carbocycles. The van der Waals surface area contributed by atoms with Crippen LogP contribution in [-0.2, 0) is 10.0 Å². The first kappa shape index (κ1) is 13.3. The lowest BCUT2D eigenvalue weighted by Crippen LogP contribution is -2.25. The summed E-state index contributed by atoms with van der Waals surface area (Å²) in [6.45, 7) is 1.90. The van der Waals surface area contributed by atoms with Crippen LogP contribution < -0.4 is 4.72 Å². The van der Waals surface area contributed by atoms with Crippen molar-refractivity contribution in [2.75, 3.05) is 6.54 Å². The first-order valence-corrected chi connectivity index (χ1v) is 6.39. The van der Waals surface area contributed by atoms with E-state index in [4.69, 9.17) is 11.6 Å². The Labute approximate surface area is 97.5 Å². The number of benzene rings is 1. The summed E-state index contributed by atoms with van der Waals surface area (Å²) in [5.74, 6) is -2.71. The predicted octanol–water partition coefficient (Wildman–Crippen LogP) is 2.31. The summed E-state index contributed by atoms with van der Waals surface area (Å²) in [5, 5.41) is -0.171. The fraction of sp³-hybridized carbons (Fsp3) is 0.333. The summed E-state index contributed by atoms with van der Waals surface area (Å²) in [5.41, 5.74) is 0. The highest BCUT2D eigenvalue weighted by Crippen LogP contribution is 2.22. The first-order valence-electron chi connectivity index (χ1n) is 4.52. The lowest BCUT2D eigenvalue weighted by Gasteiger charge is -2.07. The van der Waals surface area contributed by atoms with Crippen LogP contribution in [-0.4, -0.2) is 15.0 Å². The maximum Gasteiger partial charge on any atom is 0.243 e. The van der Waals surface area contributed by atoms with E-state index in [2.05, 4.69) is 4.72 Å². The highest BCUT2D eigenvalue weighted by atomic mass is 35.5. The Morgan fingerprint density at radius 3 is 2.56 bits per heavy atom. The van der Waals surface area contributed by atoms with E-state index in [1.807, 2.05) is 0 Å². The lowest BCUT2D eigenvalue weighted by atomic mass is 10.3. The van der Waals surface area contributed by atoms with Crippen LogP contribution in [0, 0.1) is 11.6 Å². The van der Waals surface area contributed by atoms with Crippen molar-refractivity contribution in [3.63, 3.8) is 0 Å². The van der Waals surface area contributed by atoms with Crippen LogP contribution in [0.25, 0.3) is 0 Å². The van der Waals surface area contributed by atoms with Crippen molar-refractivity contribution >= 4 is 21.6 Å². The molecule has 1 N–H and O–H groups in total. The minimum Gasteiger partial charge on any atom is -0.211 e. The monoisotopic (exact) mass is 269 g/mol. The van der Waals surface area contributed by atoms with Crippen molar-refractivity contribution in [2.45, 2.75) is 18.2 Å². The van der Waals surface area contributed by atoms with Crippen molar-refractivity contribution < 1.29 is 17.2 Å². The molecule has 0 heterocycles. The van der Waals surface area contributed by atoms with Gasteiger partial charge in [0.25, 0.3) is 0 Å². The molecule has 0 aromatic heterocycles. The van der Waals surface area contributed by atoms with Crippen molar-refractivity contribution in [3.8, 4) is 0 Å². The van der Waals surface area contributed by atoms with E-state index in [0.29, 0.717) is 6.42 Å². The van der Waals surface area contributed by atoms with Gasteiger partial charge in [-0.15, -0.1) is 0 Å². The highest BCUT2D eigenvalue weighted by molar-refractivity contribution is 7.89. The highest BCUT2D eigenvalue weighted by Gasteiger charge is 2.22. The van der Waals surface area contributed by atoms with E-state index in [0.717, 1.165) is 12.1 Å². The van der Waals surface area contributed by atoms with E-state index in [-0.39, 0.29) is 11.6 Å². The van der Waals surface area contributed by atoms with E-state index >= 15 is 0 Å². The van der Waals surface area contributed by atoms with Gasteiger partial charge in [0.2, 0.25) is 10.0 Å². The van der Waals surface area contributed by atoms with E-state index < -0.39 is 26.6 Å². The van der Waals surface area contributed by atoms with Crippen LogP contribution in [0.4, 0.5) is 8.78 Å². The van der Waals surface area contributed by atoms with Gasteiger partial charge in [-0.05, 0) is 18.6 Å². The van der Waals surface area contributed by atoms with Gasteiger partial charge in [-0.2, -0.15) is 0 Å². The number of rotatable bonds is 4. The number of sulfonamides is 1. The van der Waals surface area contributed by atoms with E-state index in [9.17, 15) is 17.2 Å². The Kier molecular flexibility index (Phi) is 4.23. The third-order valence-corrected chi connectivity index (χ3v) is 3.47. The van der Waals surface area contributed by atoms with Gasteiger partial charge < -0.3 is 0 Å². The molecular weight excluding hydrogens is 260 g/mol. The molecule has 0 amide bonds. The molecule has 0 bridgehead atoms. The molecule has 0 spiro atoms. The number of hydrogen-bond donors (Lipinski definition) is 1. The predicted molar refractivity (Wildman–Crippen MR) is 56.8 cm³/mol. The van der Waals surface area contributed by atoms with Gasteiger partial charge in [0.1, 0.15) is 4.90 Å². The number of hydrogen-bond acceptors (Lipinski definition) is 2. The topological polar surface area (TPSA) is 46.2 Å². The Morgan fingerprint density at radius 2 is 2.00 bits per heavy atom. The van der Waals surface area contributed by atoms with Gasteiger partial charge >= 0.3 is 0 Å². The van der Waals surface area contributed by atoms with Crippen molar-refractivity contribution in [1.82, 2.24) is 4.72 Å². The quantitative estimate of drug-likeness (QED) is 0.853. The summed E-state index contributed by atoms with van der Waals surface area (Å²) in [7, 11) is -4.05. The fourth-order valence-electron chi connectivity index (χ4n) is 1.04. The van der Waals surface area contributed by atoms with Crippen molar-refractivity contribution in [3.05, 3.63) is 28.8 Å². The van der Waals surface area contributed by atoms with Gasteiger partial charge in [-0.25, -0.2) is 21.9 Å². The standard InChI is InChI=1S/C9H10ClF2NO2S/c1-2-3-13-16(14,15)8-5-6(10)4-7(11)9(8)12/h4-5,13H,2-3H2,1H3. The maximum atomic E-state index is 13.3. The number of nitrogens with one attached hydrogen (secondary N) is 1. The molecule has 0 saturated heterocycles. The van der Waals surface area contributed by atoms with Gasteiger partial charge in [0, 0.05) is 11.6 Å². The Balaban J connectivity index is 3.22. The first-order chi connectivity index (χ1) is 7.38. The summed E-state index contributed by atoms with van der Waals surface area (Å²) in [6.07, 6.45) is 0.546. The largest absolute Gasteiger partial charge is 0.243 e. The van der Waals surface area contributed by atoms with Crippen LogP contribution in [0.3, 0.4) is 0 Å². The second-order valence-electron chi connectivity index (χ2n) is 3.10. The summed E-state index contributed by atoms with van der Waals surface area (Å²) >= 11 is 5.46. The second-order valence-corrected chi connectivity index (χ2v) is 5.27. The van der Waals surface area contributed by atoms with Crippen molar-refractivity contribution in [1.29, 1.82) is 0 Å². The van der Waals surface area contributed by atoms with Gasteiger partial charge in [0.05, 0.1) is 0 Å². The zero-order chi connectivity index (χ0) is 12.3. The van der Waals surface area contributed by atoms with Crippen LogP contribution in [0.2, 0.25) is 5.02 Å². The summed E-state index contributed by atoms with van der Waals surface area (Å²) < 4.78 is 51.4. The van der Waals surface area contributed by atoms with Gasteiger partial charge in [0.15, 0.2) is 11.6 Å². The molecule has 0 aliphatic carbocycles. The molecule has 0 atom stereocenters. The Bertz CT molecular complexity index is 491.